The highest BCUT2D eigenvalue weighted by Gasteiger charge is 2.48. The molecule has 0 heterocycles. The minimum Gasteiger partial charge on any atom is -0.445 e. The maximum absolute atomic E-state index is 6.30. The molecule has 0 fully saturated rings. The Hall–Kier alpha value is -0.309. The average Bonchev–Trinajstić information content (AvgIpc) is 2.14. The Morgan fingerprint density at radius 1 is 0.833 bits per heavy atom. The Balaban J connectivity index is 5.12. The van der Waals surface area contributed by atoms with Crippen LogP contribution in [-0.4, -0.2) is 30.2 Å². The Labute approximate surface area is 116 Å². The molecule has 0 aliphatic heterocycles. The summed E-state index contributed by atoms with van der Waals surface area (Å²) in [5.74, 6) is 0. The second kappa shape index (κ2) is 5.36. The first-order chi connectivity index (χ1) is 7.79. The Morgan fingerprint density at radius 2 is 1.22 bits per heavy atom. The van der Waals surface area contributed by atoms with Crippen LogP contribution in [0.1, 0.15) is 13.8 Å². The number of terminal acetylenes is 2. The summed E-state index contributed by atoms with van der Waals surface area (Å²) in [6.45, 7) is 16.6. The fourth-order valence-corrected chi connectivity index (χ4v) is 11.0. The van der Waals surface area contributed by atoms with E-state index in [9.17, 15) is 0 Å². The van der Waals surface area contributed by atoms with Gasteiger partial charge in [-0.05, 0) is 53.1 Å². The molecule has 0 amide bonds. The summed E-state index contributed by atoms with van der Waals surface area (Å²) in [7, 11) is -6.17. The van der Waals surface area contributed by atoms with Crippen LogP contribution in [-0.2, 0) is 8.54 Å². The van der Waals surface area contributed by atoms with Crippen LogP contribution in [0.2, 0.25) is 39.3 Å². The molecule has 0 bridgehead atoms. The number of hydrogen-bond donors (Lipinski definition) is 0. The van der Waals surface area contributed by atoms with E-state index in [0.717, 1.165) is 0 Å². The van der Waals surface area contributed by atoms with Gasteiger partial charge in [0.2, 0.25) is 8.32 Å². The number of rotatable bonds is 5. The zero-order chi connectivity index (χ0) is 14.8. The molecule has 0 aromatic carbocycles. The molecule has 0 radical (unpaired) electrons. The first-order valence-electron chi connectivity index (χ1n) is 6.14. The lowest BCUT2D eigenvalue weighted by atomic mass is 10.5. The molecule has 0 aromatic heterocycles. The molecule has 0 rings (SSSR count). The zero-order valence-electron chi connectivity index (χ0n) is 13.0. The van der Waals surface area contributed by atoms with Gasteiger partial charge in [-0.25, -0.2) is 0 Å². The van der Waals surface area contributed by atoms with Crippen LogP contribution in [0.5, 0.6) is 0 Å². The van der Waals surface area contributed by atoms with E-state index in [0.29, 0.717) is 0 Å². The first kappa shape index (κ1) is 17.7. The standard InChI is InChI=1S/C13H26O2Si3/c1-11-16(5,6)14-13(3,4)18(9,10)15-17(7,8)12-2/h1-2H,3-10H3. The second-order valence-corrected chi connectivity index (χ2v) is 18.4. The molecule has 0 saturated heterocycles. The highest BCUT2D eigenvalue weighted by molar-refractivity contribution is 6.90. The molecule has 0 spiro atoms. The normalized spacial score (nSPS) is 13.9. The quantitative estimate of drug-likeness (QED) is 0.573. The lowest BCUT2D eigenvalue weighted by Crippen LogP contribution is -2.61. The van der Waals surface area contributed by atoms with Gasteiger partial charge in [-0.1, -0.05) is 0 Å². The third kappa shape index (κ3) is 4.75. The van der Waals surface area contributed by atoms with Crippen molar-refractivity contribution >= 4 is 25.0 Å². The molecule has 5 heteroatoms. The van der Waals surface area contributed by atoms with Gasteiger partial charge in [-0.3, -0.25) is 0 Å². The molecular formula is C13H26O2Si3. The summed E-state index contributed by atoms with van der Waals surface area (Å²) in [6.07, 6.45) is 11.1. The Kier molecular flexibility index (Phi) is 5.27. The van der Waals surface area contributed by atoms with Crippen LogP contribution in [0.15, 0.2) is 0 Å². The lowest BCUT2D eigenvalue weighted by molar-refractivity contribution is 0.161. The van der Waals surface area contributed by atoms with Crippen molar-refractivity contribution in [2.45, 2.75) is 58.4 Å². The van der Waals surface area contributed by atoms with Gasteiger partial charge < -0.3 is 8.54 Å². The molecule has 0 saturated carbocycles. The predicted molar refractivity (Wildman–Crippen MR) is 86.4 cm³/mol. The van der Waals surface area contributed by atoms with E-state index in [1.807, 2.05) is 26.2 Å². The van der Waals surface area contributed by atoms with Gasteiger partial charge in [0, 0.05) is 0 Å². The molecule has 0 aliphatic rings. The van der Waals surface area contributed by atoms with Crippen molar-refractivity contribution in [2.24, 2.45) is 0 Å². The molecule has 0 aliphatic carbocycles. The maximum Gasteiger partial charge on any atom is 0.266 e. The van der Waals surface area contributed by atoms with E-state index in [1.54, 1.807) is 0 Å². The van der Waals surface area contributed by atoms with Crippen LogP contribution in [0.25, 0.3) is 0 Å². The van der Waals surface area contributed by atoms with Crippen molar-refractivity contribution in [3.05, 3.63) is 0 Å². The van der Waals surface area contributed by atoms with Gasteiger partial charge in [0.1, 0.15) is 0 Å². The molecule has 0 N–H and O–H groups in total. The minimum atomic E-state index is -2.08. The van der Waals surface area contributed by atoms with Crippen molar-refractivity contribution in [3.63, 3.8) is 0 Å². The van der Waals surface area contributed by atoms with E-state index in [4.69, 9.17) is 21.4 Å². The van der Waals surface area contributed by atoms with Crippen LogP contribution in [0, 0.1) is 23.9 Å². The van der Waals surface area contributed by atoms with Gasteiger partial charge in [0.15, 0.2) is 0 Å². The third-order valence-corrected chi connectivity index (χ3v) is 12.9. The van der Waals surface area contributed by atoms with E-state index in [-0.39, 0.29) is 5.22 Å². The van der Waals surface area contributed by atoms with Gasteiger partial charge in [-0.15, -0.1) is 23.9 Å². The Morgan fingerprint density at radius 3 is 1.56 bits per heavy atom. The monoisotopic (exact) mass is 298 g/mol. The highest BCUT2D eigenvalue weighted by Crippen LogP contribution is 2.30. The molecule has 0 aromatic rings. The summed E-state index contributed by atoms with van der Waals surface area (Å²) < 4.78 is 12.5. The maximum atomic E-state index is 6.30. The van der Waals surface area contributed by atoms with Gasteiger partial charge >= 0.3 is 0 Å². The lowest BCUT2D eigenvalue weighted by Gasteiger charge is -2.45. The fourth-order valence-electron chi connectivity index (χ4n) is 1.58. The van der Waals surface area contributed by atoms with E-state index < -0.39 is 25.0 Å². The van der Waals surface area contributed by atoms with E-state index in [1.165, 1.54) is 0 Å². The second-order valence-electron chi connectivity index (χ2n) is 6.53. The first-order valence-corrected chi connectivity index (χ1v) is 14.9. The Bertz CT molecular complexity index is 346. The van der Waals surface area contributed by atoms with Crippen molar-refractivity contribution in [1.29, 1.82) is 0 Å². The van der Waals surface area contributed by atoms with Gasteiger partial charge in [0.25, 0.3) is 16.6 Å². The van der Waals surface area contributed by atoms with Crippen molar-refractivity contribution in [1.82, 2.24) is 0 Å². The summed E-state index contributed by atoms with van der Waals surface area (Å²) in [6, 6.07) is 0. The van der Waals surface area contributed by atoms with Crippen molar-refractivity contribution < 1.29 is 8.54 Å². The fraction of sp³-hybridized carbons (Fsp3) is 0.692. The molecule has 2 nitrogen and oxygen atoms in total. The number of hydrogen-bond acceptors (Lipinski definition) is 2. The van der Waals surface area contributed by atoms with Crippen molar-refractivity contribution in [3.8, 4) is 23.9 Å². The van der Waals surface area contributed by atoms with Crippen LogP contribution in [0.4, 0.5) is 0 Å². The topological polar surface area (TPSA) is 18.5 Å². The smallest absolute Gasteiger partial charge is 0.266 e. The summed E-state index contributed by atoms with van der Waals surface area (Å²) in [5, 5.41) is -0.337. The average molecular weight is 299 g/mol. The van der Waals surface area contributed by atoms with Gasteiger partial charge in [-0.2, -0.15) is 0 Å². The predicted octanol–water partition coefficient (Wildman–Crippen LogP) is 3.30. The van der Waals surface area contributed by atoms with Crippen LogP contribution < -0.4 is 0 Å². The molecule has 102 valence electrons. The molecular weight excluding hydrogens is 272 g/mol. The van der Waals surface area contributed by atoms with Crippen LogP contribution in [0.3, 0.4) is 0 Å². The SMILES string of the molecule is C#C[Si](C)(C)OC(C)(C)[Si](C)(C)O[Si](C)(C)C#C. The van der Waals surface area contributed by atoms with E-state index in [2.05, 4.69) is 38.0 Å². The highest BCUT2D eigenvalue weighted by atomic mass is 28.4. The van der Waals surface area contributed by atoms with Crippen LogP contribution >= 0.6 is 0 Å². The largest absolute Gasteiger partial charge is 0.445 e. The third-order valence-electron chi connectivity index (χ3n) is 3.17. The summed E-state index contributed by atoms with van der Waals surface area (Å²) in [5.41, 5.74) is 5.61. The van der Waals surface area contributed by atoms with Gasteiger partial charge in [0.05, 0.1) is 5.22 Å². The molecule has 0 atom stereocenters. The summed E-state index contributed by atoms with van der Waals surface area (Å²) in [4.78, 5) is 0. The van der Waals surface area contributed by atoms with Crippen molar-refractivity contribution in [2.75, 3.05) is 0 Å². The zero-order valence-corrected chi connectivity index (χ0v) is 16.0. The molecule has 18 heavy (non-hydrogen) atoms. The van der Waals surface area contributed by atoms with E-state index >= 15 is 0 Å². The minimum absolute atomic E-state index is 0.337. The molecule has 0 unspecified atom stereocenters. The summed E-state index contributed by atoms with van der Waals surface area (Å²) >= 11 is 0.